The molecule has 4 N–H and O–H groups in total. The fourth-order valence-corrected chi connectivity index (χ4v) is 2.68. The van der Waals surface area contributed by atoms with E-state index in [2.05, 4.69) is 15.5 Å². The molecule has 1 aromatic heterocycles. The second kappa shape index (κ2) is 5.81. The van der Waals surface area contributed by atoms with Crippen molar-refractivity contribution in [2.75, 3.05) is 5.32 Å². The third-order valence-corrected chi connectivity index (χ3v) is 3.90. The number of hydrogen-bond donors (Lipinski definition) is 3. The minimum atomic E-state index is -0.707. The third kappa shape index (κ3) is 2.78. The van der Waals surface area contributed by atoms with E-state index in [1.807, 2.05) is 18.2 Å². The normalized spacial score (nSPS) is 17.4. The molecule has 0 atom stereocenters. The van der Waals surface area contributed by atoms with Crippen LogP contribution in [0, 0.1) is 0 Å². The van der Waals surface area contributed by atoms with E-state index in [4.69, 9.17) is 5.73 Å². The van der Waals surface area contributed by atoms with Crippen molar-refractivity contribution in [2.24, 2.45) is 5.73 Å². The summed E-state index contributed by atoms with van der Waals surface area (Å²) in [6, 6.07) is 5.69. The number of nitrogens with two attached hydrogens (primary N) is 1. The number of H-pyrrole nitrogens is 1. The zero-order valence-corrected chi connectivity index (χ0v) is 12.0. The van der Waals surface area contributed by atoms with Crippen molar-refractivity contribution in [2.45, 2.75) is 37.6 Å². The Bertz CT molecular complexity index is 604. The SMILES string of the molecule is Cl.NC1(C(=O)Nc2ccc3cn[nH]c3c2)CCCCC1. The summed E-state index contributed by atoms with van der Waals surface area (Å²) in [5, 5.41) is 10.8. The smallest absolute Gasteiger partial charge is 0.244 e. The molecule has 1 fully saturated rings. The molecule has 1 heterocycles. The summed E-state index contributed by atoms with van der Waals surface area (Å²) in [4.78, 5) is 12.3. The van der Waals surface area contributed by atoms with Crippen molar-refractivity contribution in [1.29, 1.82) is 0 Å². The number of aromatic amines is 1. The average Bonchev–Trinajstić information content (AvgIpc) is 2.87. The number of carbonyl (C=O) groups excluding carboxylic acids is 1. The maximum absolute atomic E-state index is 12.3. The lowest BCUT2D eigenvalue weighted by molar-refractivity contribution is -0.122. The molecule has 108 valence electrons. The minimum Gasteiger partial charge on any atom is -0.324 e. The van der Waals surface area contributed by atoms with Crippen LogP contribution in [-0.4, -0.2) is 21.6 Å². The second-order valence-electron chi connectivity index (χ2n) is 5.34. The van der Waals surface area contributed by atoms with E-state index >= 15 is 0 Å². The maximum atomic E-state index is 12.3. The quantitative estimate of drug-likeness (QED) is 0.796. The number of rotatable bonds is 2. The first-order valence-corrected chi connectivity index (χ1v) is 6.71. The first kappa shape index (κ1) is 14.8. The molecule has 1 amide bonds. The van der Waals surface area contributed by atoms with Crippen molar-refractivity contribution in [3.05, 3.63) is 24.4 Å². The maximum Gasteiger partial charge on any atom is 0.244 e. The number of fused-ring (bicyclic) bond motifs is 1. The predicted molar refractivity (Wildman–Crippen MR) is 82.0 cm³/mol. The number of anilines is 1. The molecule has 1 aliphatic carbocycles. The van der Waals surface area contributed by atoms with Crippen LogP contribution in [0.25, 0.3) is 10.9 Å². The summed E-state index contributed by atoms with van der Waals surface area (Å²) in [6.07, 6.45) is 6.53. The Morgan fingerprint density at radius 2 is 2.05 bits per heavy atom. The summed E-state index contributed by atoms with van der Waals surface area (Å²) in [5.41, 5.74) is 7.17. The third-order valence-electron chi connectivity index (χ3n) is 3.90. The lowest BCUT2D eigenvalue weighted by Crippen LogP contribution is -2.52. The molecule has 0 bridgehead atoms. The Morgan fingerprint density at radius 1 is 1.30 bits per heavy atom. The molecule has 0 unspecified atom stereocenters. The Morgan fingerprint density at radius 3 is 2.80 bits per heavy atom. The van der Waals surface area contributed by atoms with Crippen molar-refractivity contribution >= 4 is 34.9 Å². The molecule has 2 aromatic rings. The lowest BCUT2D eigenvalue weighted by Gasteiger charge is -2.31. The highest BCUT2D eigenvalue weighted by atomic mass is 35.5. The van der Waals surface area contributed by atoms with Gasteiger partial charge in [0.05, 0.1) is 17.3 Å². The van der Waals surface area contributed by atoms with Gasteiger partial charge in [-0.05, 0) is 31.0 Å². The molecule has 0 aliphatic heterocycles. The van der Waals surface area contributed by atoms with Crippen LogP contribution in [0.15, 0.2) is 24.4 Å². The van der Waals surface area contributed by atoms with Gasteiger partial charge in [-0.15, -0.1) is 12.4 Å². The molecule has 6 heteroatoms. The largest absolute Gasteiger partial charge is 0.324 e. The molecule has 3 rings (SSSR count). The molecule has 5 nitrogen and oxygen atoms in total. The predicted octanol–water partition coefficient (Wildman–Crippen LogP) is 2.58. The monoisotopic (exact) mass is 294 g/mol. The lowest BCUT2D eigenvalue weighted by atomic mass is 9.82. The van der Waals surface area contributed by atoms with Gasteiger partial charge in [0.2, 0.25) is 5.91 Å². The zero-order valence-electron chi connectivity index (χ0n) is 11.2. The summed E-state index contributed by atoms with van der Waals surface area (Å²) in [6.45, 7) is 0. The van der Waals surface area contributed by atoms with Gasteiger partial charge in [-0.3, -0.25) is 9.89 Å². The summed E-state index contributed by atoms with van der Waals surface area (Å²) < 4.78 is 0. The number of benzene rings is 1. The van der Waals surface area contributed by atoms with E-state index in [9.17, 15) is 4.79 Å². The Labute approximate surface area is 123 Å². The van der Waals surface area contributed by atoms with E-state index in [1.165, 1.54) is 6.42 Å². The molecule has 20 heavy (non-hydrogen) atoms. The van der Waals surface area contributed by atoms with Crippen molar-refractivity contribution in [1.82, 2.24) is 10.2 Å². The average molecular weight is 295 g/mol. The van der Waals surface area contributed by atoms with E-state index < -0.39 is 5.54 Å². The van der Waals surface area contributed by atoms with E-state index in [1.54, 1.807) is 6.20 Å². The van der Waals surface area contributed by atoms with Crippen LogP contribution in [-0.2, 0) is 4.79 Å². The Hall–Kier alpha value is -1.59. The van der Waals surface area contributed by atoms with Crippen molar-refractivity contribution in [3.63, 3.8) is 0 Å². The summed E-state index contributed by atoms with van der Waals surface area (Å²) in [7, 11) is 0. The molecule has 0 saturated heterocycles. The number of carbonyl (C=O) groups is 1. The number of amides is 1. The van der Waals surface area contributed by atoms with Gasteiger partial charge in [-0.25, -0.2) is 0 Å². The summed E-state index contributed by atoms with van der Waals surface area (Å²) in [5.74, 6) is -0.0777. The van der Waals surface area contributed by atoms with Gasteiger partial charge in [-0.1, -0.05) is 19.3 Å². The van der Waals surface area contributed by atoms with Gasteiger partial charge >= 0.3 is 0 Å². The molecule has 0 spiro atoms. The van der Waals surface area contributed by atoms with Crippen LogP contribution in [0.5, 0.6) is 0 Å². The van der Waals surface area contributed by atoms with Crippen LogP contribution < -0.4 is 11.1 Å². The molecular formula is C14H19ClN4O. The van der Waals surface area contributed by atoms with Gasteiger partial charge in [0, 0.05) is 11.1 Å². The molecule has 0 radical (unpaired) electrons. The van der Waals surface area contributed by atoms with Gasteiger partial charge < -0.3 is 11.1 Å². The highest BCUT2D eigenvalue weighted by molar-refractivity contribution is 5.99. The highest BCUT2D eigenvalue weighted by Gasteiger charge is 2.35. The fourth-order valence-electron chi connectivity index (χ4n) is 2.68. The number of nitrogens with one attached hydrogen (secondary N) is 2. The number of hydrogen-bond acceptors (Lipinski definition) is 3. The Balaban J connectivity index is 0.00000147. The van der Waals surface area contributed by atoms with Crippen molar-refractivity contribution in [3.8, 4) is 0 Å². The van der Waals surface area contributed by atoms with Crippen LogP contribution >= 0.6 is 12.4 Å². The minimum absolute atomic E-state index is 0. The van der Waals surface area contributed by atoms with Crippen LogP contribution in [0.4, 0.5) is 5.69 Å². The number of halogens is 1. The van der Waals surface area contributed by atoms with Gasteiger partial charge in [0.25, 0.3) is 0 Å². The standard InChI is InChI=1S/C14H18N4O.ClH/c15-14(6-2-1-3-7-14)13(19)17-11-5-4-10-9-16-18-12(10)8-11;/h4-5,8-9H,1-3,6-7,15H2,(H,16,18)(H,17,19);1H. The first-order valence-electron chi connectivity index (χ1n) is 6.71. The van der Waals surface area contributed by atoms with Crippen molar-refractivity contribution < 1.29 is 4.79 Å². The Kier molecular flexibility index (Phi) is 4.30. The van der Waals surface area contributed by atoms with Crippen LogP contribution in [0.1, 0.15) is 32.1 Å². The molecule has 1 aromatic carbocycles. The van der Waals surface area contributed by atoms with E-state index in [0.717, 1.165) is 42.3 Å². The van der Waals surface area contributed by atoms with Gasteiger partial charge in [0.15, 0.2) is 0 Å². The summed E-state index contributed by atoms with van der Waals surface area (Å²) >= 11 is 0. The van der Waals surface area contributed by atoms with Crippen LogP contribution in [0.2, 0.25) is 0 Å². The van der Waals surface area contributed by atoms with Gasteiger partial charge in [0.1, 0.15) is 0 Å². The van der Waals surface area contributed by atoms with E-state index in [0.29, 0.717) is 0 Å². The number of aromatic nitrogens is 2. The zero-order chi connectivity index (χ0) is 13.3. The van der Waals surface area contributed by atoms with E-state index in [-0.39, 0.29) is 18.3 Å². The highest BCUT2D eigenvalue weighted by Crippen LogP contribution is 2.27. The topological polar surface area (TPSA) is 83.8 Å². The van der Waals surface area contributed by atoms with Crippen LogP contribution in [0.3, 0.4) is 0 Å². The second-order valence-corrected chi connectivity index (χ2v) is 5.34. The number of nitrogens with zero attached hydrogens (tertiary/aromatic N) is 1. The molecule has 1 saturated carbocycles. The first-order chi connectivity index (χ1) is 9.17. The van der Waals surface area contributed by atoms with Gasteiger partial charge in [-0.2, -0.15) is 5.10 Å². The molecular weight excluding hydrogens is 276 g/mol. The fraction of sp³-hybridized carbons (Fsp3) is 0.429. The molecule has 1 aliphatic rings.